The van der Waals surface area contributed by atoms with Crippen molar-refractivity contribution >= 4 is 40.9 Å². The summed E-state index contributed by atoms with van der Waals surface area (Å²) in [7, 11) is 1.57. The zero-order chi connectivity index (χ0) is 26.2. The van der Waals surface area contributed by atoms with Crippen LogP contribution in [0.2, 0.25) is 0 Å². The zero-order valence-electron chi connectivity index (χ0n) is 20.0. The van der Waals surface area contributed by atoms with Crippen LogP contribution in [0.5, 0.6) is 5.75 Å². The number of primary amides is 1. The van der Waals surface area contributed by atoms with Crippen LogP contribution in [0.15, 0.2) is 108 Å². The van der Waals surface area contributed by atoms with Crippen molar-refractivity contribution in [2.24, 2.45) is 5.73 Å². The van der Waals surface area contributed by atoms with Crippen molar-refractivity contribution in [3.63, 3.8) is 0 Å². The van der Waals surface area contributed by atoms with E-state index in [1.807, 2.05) is 42.5 Å². The third-order valence-corrected chi connectivity index (χ3v) is 6.76. The SMILES string of the molecule is COc1ccc(C(=O)Nc2ccc(SC(C(=O)Nc3ccc(C(N)=O)cc3)c3ccccc3)cc2)cc1. The Morgan fingerprint density at radius 1 is 0.730 bits per heavy atom. The molecule has 3 amide bonds. The van der Waals surface area contributed by atoms with Gasteiger partial charge in [0.15, 0.2) is 0 Å². The van der Waals surface area contributed by atoms with Gasteiger partial charge in [0.1, 0.15) is 11.0 Å². The van der Waals surface area contributed by atoms with Gasteiger partial charge in [-0.05, 0) is 78.4 Å². The van der Waals surface area contributed by atoms with Gasteiger partial charge in [-0.25, -0.2) is 0 Å². The van der Waals surface area contributed by atoms with E-state index in [1.54, 1.807) is 67.8 Å². The molecule has 186 valence electrons. The highest BCUT2D eigenvalue weighted by atomic mass is 32.2. The molecule has 4 aromatic carbocycles. The molecule has 0 saturated heterocycles. The summed E-state index contributed by atoms with van der Waals surface area (Å²) in [5.74, 6) is -0.288. The first-order valence-corrected chi connectivity index (χ1v) is 12.3. The maximum atomic E-state index is 13.3. The third kappa shape index (κ3) is 6.77. The molecule has 37 heavy (non-hydrogen) atoms. The summed E-state index contributed by atoms with van der Waals surface area (Å²) in [5, 5.41) is 5.26. The lowest BCUT2D eigenvalue weighted by molar-refractivity contribution is -0.115. The van der Waals surface area contributed by atoms with E-state index < -0.39 is 11.2 Å². The fourth-order valence-electron chi connectivity index (χ4n) is 3.52. The first-order chi connectivity index (χ1) is 17.9. The maximum Gasteiger partial charge on any atom is 0.255 e. The van der Waals surface area contributed by atoms with Crippen LogP contribution in [0.1, 0.15) is 31.5 Å². The van der Waals surface area contributed by atoms with E-state index in [9.17, 15) is 14.4 Å². The van der Waals surface area contributed by atoms with Crippen molar-refractivity contribution < 1.29 is 19.1 Å². The number of nitrogens with one attached hydrogen (secondary N) is 2. The fourth-order valence-corrected chi connectivity index (χ4v) is 4.55. The molecule has 0 aliphatic rings. The molecule has 0 aliphatic heterocycles. The summed E-state index contributed by atoms with van der Waals surface area (Å²) < 4.78 is 5.13. The second kappa shape index (κ2) is 11.9. The average molecular weight is 512 g/mol. The summed E-state index contributed by atoms with van der Waals surface area (Å²) in [5.41, 5.74) is 8.23. The van der Waals surface area contributed by atoms with E-state index in [0.29, 0.717) is 28.3 Å². The van der Waals surface area contributed by atoms with Gasteiger partial charge in [-0.2, -0.15) is 0 Å². The lowest BCUT2D eigenvalue weighted by atomic mass is 10.1. The lowest BCUT2D eigenvalue weighted by Gasteiger charge is -2.17. The molecule has 4 aromatic rings. The largest absolute Gasteiger partial charge is 0.497 e. The molecule has 4 N–H and O–H groups in total. The minimum absolute atomic E-state index is 0.208. The van der Waals surface area contributed by atoms with E-state index in [4.69, 9.17) is 10.5 Å². The molecule has 1 atom stereocenters. The number of hydrogen-bond acceptors (Lipinski definition) is 5. The molecular weight excluding hydrogens is 486 g/mol. The number of ether oxygens (including phenoxy) is 1. The van der Waals surface area contributed by atoms with Gasteiger partial charge < -0.3 is 21.1 Å². The number of anilines is 2. The first kappa shape index (κ1) is 25.5. The second-order valence-corrected chi connectivity index (χ2v) is 9.22. The molecular formula is C29H25N3O4S. The highest BCUT2D eigenvalue weighted by molar-refractivity contribution is 8.00. The van der Waals surface area contributed by atoms with Crippen LogP contribution in [0.4, 0.5) is 11.4 Å². The zero-order valence-corrected chi connectivity index (χ0v) is 20.8. The van der Waals surface area contributed by atoms with E-state index >= 15 is 0 Å². The van der Waals surface area contributed by atoms with E-state index in [0.717, 1.165) is 10.5 Å². The van der Waals surface area contributed by atoms with Crippen LogP contribution >= 0.6 is 11.8 Å². The molecule has 0 saturated carbocycles. The van der Waals surface area contributed by atoms with Gasteiger partial charge in [0.05, 0.1) is 7.11 Å². The molecule has 4 rings (SSSR count). The number of benzene rings is 4. The quantitative estimate of drug-likeness (QED) is 0.256. The smallest absolute Gasteiger partial charge is 0.255 e. The van der Waals surface area contributed by atoms with Crippen molar-refractivity contribution in [3.8, 4) is 5.75 Å². The number of amides is 3. The molecule has 8 heteroatoms. The Bertz CT molecular complexity index is 1370. The number of nitrogens with two attached hydrogens (primary N) is 1. The van der Waals surface area contributed by atoms with Crippen molar-refractivity contribution in [2.75, 3.05) is 17.7 Å². The average Bonchev–Trinajstić information content (AvgIpc) is 2.93. The number of carbonyl (C=O) groups is 3. The summed E-state index contributed by atoms with van der Waals surface area (Å²) >= 11 is 1.39. The highest BCUT2D eigenvalue weighted by Gasteiger charge is 2.22. The van der Waals surface area contributed by atoms with Gasteiger partial charge in [-0.15, -0.1) is 11.8 Å². The summed E-state index contributed by atoms with van der Waals surface area (Å²) in [6.45, 7) is 0. The normalized spacial score (nSPS) is 11.3. The maximum absolute atomic E-state index is 13.3. The lowest BCUT2D eigenvalue weighted by Crippen LogP contribution is -2.19. The Morgan fingerprint density at radius 3 is 1.89 bits per heavy atom. The fraction of sp³-hybridized carbons (Fsp3) is 0.0690. The van der Waals surface area contributed by atoms with Crippen molar-refractivity contribution in [3.05, 3.63) is 120 Å². The second-order valence-electron chi connectivity index (χ2n) is 8.05. The molecule has 0 bridgehead atoms. The molecule has 0 fully saturated rings. The van der Waals surface area contributed by atoms with Crippen molar-refractivity contribution in [2.45, 2.75) is 10.1 Å². The van der Waals surface area contributed by atoms with Crippen LogP contribution < -0.4 is 21.1 Å². The molecule has 0 spiro atoms. The number of methoxy groups -OCH3 is 1. The highest BCUT2D eigenvalue weighted by Crippen LogP contribution is 2.36. The minimum atomic E-state index is -0.531. The predicted molar refractivity (Wildman–Crippen MR) is 146 cm³/mol. The van der Waals surface area contributed by atoms with Crippen LogP contribution in [0, 0.1) is 0 Å². The molecule has 0 radical (unpaired) electrons. The minimum Gasteiger partial charge on any atom is -0.497 e. The molecule has 0 aliphatic carbocycles. The van der Waals surface area contributed by atoms with Crippen LogP contribution in [-0.2, 0) is 4.79 Å². The molecule has 0 heterocycles. The van der Waals surface area contributed by atoms with E-state index in [2.05, 4.69) is 10.6 Å². The van der Waals surface area contributed by atoms with E-state index in [-0.39, 0.29) is 11.8 Å². The third-order valence-electron chi connectivity index (χ3n) is 5.50. The Morgan fingerprint density at radius 2 is 1.30 bits per heavy atom. The Labute approximate surface area is 219 Å². The molecule has 7 nitrogen and oxygen atoms in total. The van der Waals surface area contributed by atoms with Gasteiger partial charge in [0.25, 0.3) is 5.91 Å². The standard InChI is InChI=1S/C29H25N3O4S/c1-36-24-15-9-21(10-16-24)28(34)31-23-13-17-25(18-14-23)37-26(19-5-3-2-4-6-19)29(35)32-22-11-7-20(8-12-22)27(30)33/h2-18,26H,1H3,(H2,30,33)(H,31,34)(H,32,35). The Hall–Kier alpha value is -4.56. The van der Waals surface area contributed by atoms with Crippen LogP contribution in [0.25, 0.3) is 0 Å². The van der Waals surface area contributed by atoms with Crippen molar-refractivity contribution in [1.82, 2.24) is 0 Å². The molecule has 1 unspecified atom stereocenters. The monoisotopic (exact) mass is 511 g/mol. The number of carbonyl (C=O) groups excluding carboxylic acids is 3. The Balaban J connectivity index is 1.46. The van der Waals surface area contributed by atoms with Gasteiger partial charge in [0, 0.05) is 27.4 Å². The number of hydrogen-bond donors (Lipinski definition) is 3. The van der Waals surface area contributed by atoms with Crippen molar-refractivity contribution in [1.29, 1.82) is 0 Å². The first-order valence-electron chi connectivity index (χ1n) is 11.4. The van der Waals surface area contributed by atoms with Crippen LogP contribution in [0.3, 0.4) is 0 Å². The van der Waals surface area contributed by atoms with Gasteiger partial charge in [-0.1, -0.05) is 30.3 Å². The number of thioether (sulfide) groups is 1. The van der Waals surface area contributed by atoms with Gasteiger partial charge in [-0.3, -0.25) is 14.4 Å². The summed E-state index contributed by atoms with van der Waals surface area (Å²) in [4.78, 5) is 38.0. The topological polar surface area (TPSA) is 111 Å². The van der Waals surface area contributed by atoms with E-state index in [1.165, 1.54) is 11.8 Å². The predicted octanol–water partition coefficient (Wildman–Crippen LogP) is 5.52. The summed E-state index contributed by atoms with van der Waals surface area (Å²) in [6, 6.07) is 30.1. The molecule has 0 aromatic heterocycles. The van der Waals surface area contributed by atoms with Crippen LogP contribution in [-0.4, -0.2) is 24.8 Å². The summed E-state index contributed by atoms with van der Waals surface area (Å²) in [6.07, 6.45) is 0. The van der Waals surface area contributed by atoms with Gasteiger partial charge >= 0.3 is 0 Å². The van der Waals surface area contributed by atoms with Gasteiger partial charge in [0.2, 0.25) is 11.8 Å². The number of rotatable bonds is 9. The Kier molecular flexibility index (Phi) is 8.22.